The van der Waals surface area contributed by atoms with Crippen molar-refractivity contribution in [2.24, 2.45) is 0 Å². The first-order valence-corrected chi connectivity index (χ1v) is 5.72. The molecule has 1 N–H and O–H groups in total. The lowest BCUT2D eigenvalue weighted by Gasteiger charge is -2.04. The molecule has 0 aliphatic carbocycles. The van der Waals surface area contributed by atoms with Gasteiger partial charge in [-0.15, -0.1) is 0 Å². The summed E-state index contributed by atoms with van der Waals surface area (Å²) < 4.78 is 0. The molecule has 3 heteroatoms. The molecule has 0 fully saturated rings. The first-order valence-electron chi connectivity index (χ1n) is 5.72. The lowest BCUT2D eigenvalue weighted by molar-refractivity contribution is 0.103. The number of aliphatic hydroxyl groups is 1. The van der Waals surface area contributed by atoms with E-state index in [1.165, 1.54) is 0 Å². The second-order valence-electron chi connectivity index (χ2n) is 3.90. The number of carbonyl (C=O) groups excluding carboxylic acids is 1. The van der Waals surface area contributed by atoms with Crippen LogP contribution in [0.4, 0.5) is 0 Å². The number of allylic oxidation sites excluding steroid dienone is 1. The number of nitriles is 1. The minimum Gasteiger partial charge on any atom is -0.506 e. The van der Waals surface area contributed by atoms with Crippen molar-refractivity contribution in [3.05, 3.63) is 77.4 Å². The highest BCUT2D eigenvalue weighted by atomic mass is 16.3. The van der Waals surface area contributed by atoms with Crippen LogP contribution in [-0.4, -0.2) is 10.9 Å². The number of hydrogen-bond acceptors (Lipinski definition) is 3. The molecule has 0 atom stereocenters. The van der Waals surface area contributed by atoms with Gasteiger partial charge in [0.1, 0.15) is 17.4 Å². The highest BCUT2D eigenvalue weighted by Crippen LogP contribution is 2.18. The molecule has 0 aromatic heterocycles. The Labute approximate surface area is 111 Å². The number of nitrogens with zero attached hydrogens (tertiary/aromatic N) is 1. The number of benzene rings is 2. The average Bonchev–Trinajstić information content (AvgIpc) is 2.49. The summed E-state index contributed by atoms with van der Waals surface area (Å²) in [6.45, 7) is 0. The maximum Gasteiger partial charge on any atom is 0.207 e. The summed E-state index contributed by atoms with van der Waals surface area (Å²) in [5.41, 5.74) is 0.572. The molecule has 0 bridgehead atoms. The van der Waals surface area contributed by atoms with Crippen molar-refractivity contribution in [2.45, 2.75) is 0 Å². The third-order valence-electron chi connectivity index (χ3n) is 2.66. The van der Waals surface area contributed by atoms with E-state index >= 15 is 0 Å². The van der Waals surface area contributed by atoms with E-state index in [2.05, 4.69) is 0 Å². The average molecular weight is 249 g/mol. The lowest BCUT2D eigenvalue weighted by atomic mass is 10.0. The Bertz CT molecular complexity index is 652. The Balaban J connectivity index is 2.46. The van der Waals surface area contributed by atoms with Crippen molar-refractivity contribution in [3.63, 3.8) is 0 Å². The maximum atomic E-state index is 12.2. The van der Waals surface area contributed by atoms with Crippen molar-refractivity contribution >= 4 is 11.5 Å². The van der Waals surface area contributed by atoms with Gasteiger partial charge in [-0.25, -0.2) is 0 Å². The summed E-state index contributed by atoms with van der Waals surface area (Å²) in [5, 5.41) is 19.1. The van der Waals surface area contributed by atoms with Crippen LogP contribution < -0.4 is 0 Å². The SMILES string of the molecule is N#C/C(C(=O)c1ccccc1)=C(/O)c1ccccc1. The van der Waals surface area contributed by atoms with E-state index in [-0.39, 0.29) is 11.3 Å². The van der Waals surface area contributed by atoms with Gasteiger partial charge in [0.05, 0.1) is 0 Å². The minimum atomic E-state index is -0.482. The number of hydrogen-bond donors (Lipinski definition) is 1. The lowest BCUT2D eigenvalue weighted by Crippen LogP contribution is -2.04. The zero-order chi connectivity index (χ0) is 13.7. The summed E-state index contributed by atoms with van der Waals surface area (Å²) in [6.07, 6.45) is 0. The molecule has 0 spiro atoms. The van der Waals surface area contributed by atoms with E-state index in [0.717, 1.165) is 0 Å². The fraction of sp³-hybridized carbons (Fsp3) is 0. The molecule has 0 aliphatic heterocycles. The first-order chi connectivity index (χ1) is 9.24. The van der Waals surface area contributed by atoms with Gasteiger partial charge in [0.25, 0.3) is 0 Å². The van der Waals surface area contributed by atoms with Crippen molar-refractivity contribution in [2.75, 3.05) is 0 Å². The van der Waals surface area contributed by atoms with Gasteiger partial charge in [-0.2, -0.15) is 5.26 Å². The molecule has 3 nitrogen and oxygen atoms in total. The molecular weight excluding hydrogens is 238 g/mol. The second-order valence-corrected chi connectivity index (χ2v) is 3.90. The molecule has 0 unspecified atom stereocenters. The van der Waals surface area contributed by atoms with E-state index < -0.39 is 5.78 Å². The summed E-state index contributed by atoms with van der Waals surface area (Å²) in [4.78, 5) is 12.2. The molecule has 0 amide bonds. The van der Waals surface area contributed by atoms with E-state index in [0.29, 0.717) is 11.1 Å². The van der Waals surface area contributed by atoms with Crippen LogP contribution in [0.3, 0.4) is 0 Å². The summed E-state index contributed by atoms with van der Waals surface area (Å²) in [7, 11) is 0. The standard InChI is InChI=1S/C16H11NO2/c17-11-14(15(18)12-7-3-1-4-8-12)16(19)13-9-5-2-6-10-13/h1-10,18H/b15-14-. The Kier molecular flexibility index (Phi) is 3.75. The van der Waals surface area contributed by atoms with E-state index in [9.17, 15) is 9.90 Å². The highest BCUT2D eigenvalue weighted by molar-refractivity contribution is 6.15. The third kappa shape index (κ3) is 2.70. The van der Waals surface area contributed by atoms with Crippen LogP contribution >= 0.6 is 0 Å². The minimum absolute atomic E-state index is 0.252. The van der Waals surface area contributed by atoms with Gasteiger partial charge in [0, 0.05) is 11.1 Å². The zero-order valence-electron chi connectivity index (χ0n) is 10.1. The van der Waals surface area contributed by atoms with Gasteiger partial charge in [-0.3, -0.25) is 4.79 Å². The molecule has 2 aromatic rings. The smallest absolute Gasteiger partial charge is 0.207 e. The van der Waals surface area contributed by atoms with Gasteiger partial charge in [0.15, 0.2) is 0 Å². The van der Waals surface area contributed by atoms with Gasteiger partial charge in [0.2, 0.25) is 5.78 Å². The third-order valence-corrected chi connectivity index (χ3v) is 2.66. The zero-order valence-corrected chi connectivity index (χ0v) is 10.1. The summed E-state index contributed by atoms with van der Waals surface area (Å²) in [5.74, 6) is -0.776. The summed E-state index contributed by atoms with van der Waals surface area (Å²) >= 11 is 0. The normalized spacial score (nSPS) is 11.3. The van der Waals surface area contributed by atoms with Crippen LogP contribution in [0.1, 0.15) is 15.9 Å². The predicted octanol–water partition coefficient (Wildman–Crippen LogP) is 3.36. The fourth-order valence-electron chi connectivity index (χ4n) is 1.69. The fourth-order valence-corrected chi connectivity index (χ4v) is 1.69. The summed E-state index contributed by atoms with van der Waals surface area (Å²) in [6, 6.07) is 18.7. The van der Waals surface area contributed by atoms with E-state index in [4.69, 9.17) is 5.26 Å². The molecule has 2 rings (SSSR count). The van der Waals surface area contributed by atoms with Crippen molar-refractivity contribution in [3.8, 4) is 6.07 Å². The number of rotatable bonds is 3. The van der Waals surface area contributed by atoms with Crippen LogP contribution in [0.2, 0.25) is 0 Å². The predicted molar refractivity (Wildman–Crippen MR) is 72.4 cm³/mol. The van der Waals surface area contributed by atoms with E-state index in [1.54, 1.807) is 66.7 Å². The van der Waals surface area contributed by atoms with Crippen LogP contribution in [0.25, 0.3) is 5.76 Å². The molecule has 0 radical (unpaired) electrons. The number of ketones is 1. The first kappa shape index (κ1) is 12.6. The van der Waals surface area contributed by atoms with Crippen molar-refractivity contribution in [1.82, 2.24) is 0 Å². The molecule has 0 saturated heterocycles. The van der Waals surface area contributed by atoms with Crippen LogP contribution in [0, 0.1) is 11.3 Å². The second kappa shape index (κ2) is 5.65. The van der Waals surface area contributed by atoms with Gasteiger partial charge in [-0.1, -0.05) is 60.7 Å². The van der Waals surface area contributed by atoms with Crippen LogP contribution in [-0.2, 0) is 0 Å². The molecule has 0 heterocycles. The molecule has 0 saturated carbocycles. The Morgan fingerprint density at radius 1 is 0.895 bits per heavy atom. The monoisotopic (exact) mass is 249 g/mol. The molecule has 19 heavy (non-hydrogen) atoms. The maximum absolute atomic E-state index is 12.2. The largest absolute Gasteiger partial charge is 0.506 e. The highest BCUT2D eigenvalue weighted by Gasteiger charge is 2.17. The van der Waals surface area contributed by atoms with Crippen LogP contribution in [0.5, 0.6) is 0 Å². The van der Waals surface area contributed by atoms with Crippen molar-refractivity contribution < 1.29 is 9.90 Å². The Morgan fingerprint density at radius 2 is 1.37 bits per heavy atom. The number of aliphatic hydroxyl groups excluding tert-OH is 1. The number of Topliss-reactive ketones (excluding diaryl/α,β-unsaturated/α-hetero) is 1. The Hall–Kier alpha value is -2.86. The molecule has 92 valence electrons. The molecule has 2 aromatic carbocycles. The van der Waals surface area contributed by atoms with Crippen LogP contribution in [0.15, 0.2) is 66.2 Å². The number of carbonyl (C=O) groups is 1. The van der Waals surface area contributed by atoms with Gasteiger partial charge in [-0.05, 0) is 0 Å². The van der Waals surface area contributed by atoms with Gasteiger partial charge >= 0.3 is 0 Å². The molecular formula is C16H11NO2. The van der Waals surface area contributed by atoms with Gasteiger partial charge < -0.3 is 5.11 Å². The quantitative estimate of drug-likeness (QED) is 0.392. The van der Waals surface area contributed by atoms with E-state index in [1.807, 2.05) is 0 Å². The van der Waals surface area contributed by atoms with Crippen molar-refractivity contribution in [1.29, 1.82) is 5.26 Å². The molecule has 0 aliphatic rings. The Morgan fingerprint density at radius 3 is 1.84 bits per heavy atom. The topological polar surface area (TPSA) is 61.1 Å².